The zero-order valence-corrected chi connectivity index (χ0v) is 3.22. The molecule has 0 aromatic carbocycles. The van der Waals surface area contributed by atoms with Gasteiger partial charge in [0.15, 0.2) is 0 Å². The average molecular weight is 51.0 g/mol. The number of rotatable bonds is 0. The molecule has 0 aliphatic heterocycles. The standard InChI is InChI=1S/3Li.S.H/q;2*+1;-2;/i1-3;;;;. The second kappa shape index (κ2) is 19.2. The molecule has 4 heavy (non-hydrogen) atoms. The molecule has 0 saturated heterocycles. The zero-order chi connectivity index (χ0) is 0. The fourth-order valence-corrected chi connectivity index (χ4v) is 0. The van der Waals surface area contributed by atoms with Gasteiger partial charge in [0.05, 0.1) is 0 Å². The van der Waals surface area contributed by atoms with Crippen LogP contribution >= 0.6 is 0 Å². The van der Waals surface area contributed by atoms with Crippen molar-refractivity contribution >= 4 is 32.4 Å². The van der Waals surface area contributed by atoms with Gasteiger partial charge in [0.25, 0.3) is 0 Å². The van der Waals surface area contributed by atoms with E-state index in [1.807, 2.05) is 0 Å². The van der Waals surface area contributed by atoms with Gasteiger partial charge in [-0.05, 0) is 0 Å². The normalized spacial score (nSPS) is 0. The summed E-state index contributed by atoms with van der Waals surface area (Å²) < 4.78 is 0. The molecule has 0 radical (unpaired) electrons. The van der Waals surface area contributed by atoms with Crippen LogP contribution in [0.1, 0.15) is 0 Å². The topological polar surface area (TPSA) is 0 Å². The van der Waals surface area contributed by atoms with Gasteiger partial charge in [-0.15, -0.1) is 0 Å². The fourth-order valence-electron chi connectivity index (χ4n) is 0. The van der Waals surface area contributed by atoms with Crippen LogP contribution in [0.15, 0.2) is 0 Å². The van der Waals surface area contributed by atoms with E-state index in [1.54, 1.807) is 0 Å². The molecule has 0 heterocycles. The van der Waals surface area contributed by atoms with E-state index in [1.165, 1.54) is 0 Å². The van der Waals surface area contributed by atoms with E-state index in [2.05, 4.69) is 0 Å². The molecule has 0 unspecified atom stereocenters. The van der Waals surface area contributed by atoms with E-state index < -0.39 is 0 Å². The van der Waals surface area contributed by atoms with Crippen molar-refractivity contribution in [2.75, 3.05) is 0 Å². The molecule has 0 atom stereocenters. The fraction of sp³-hybridized carbons (Fsp3) is 0. The molecule has 0 N–H and O–H groups in total. The van der Waals surface area contributed by atoms with Gasteiger partial charge in [0.1, 0.15) is 0 Å². The molecule has 0 aromatic heterocycles. The van der Waals surface area contributed by atoms with Gasteiger partial charge >= 0.3 is 56.6 Å². The Morgan fingerprint density at radius 2 is 0.750 bits per heavy atom. The molecule has 0 rings (SSSR count). The van der Waals surface area contributed by atoms with E-state index in [9.17, 15) is 0 Å². The summed E-state index contributed by atoms with van der Waals surface area (Å²) in [5.41, 5.74) is 0. The molecule has 0 aliphatic rings. The van der Waals surface area contributed by atoms with E-state index in [4.69, 9.17) is 0 Å². The van der Waals surface area contributed by atoms with E-state index >= 15 is 0 Å². The molecule has 0 spiro atoms. The third-order valence-electron chi connectivity index (χ3n) is 0. The summed E-state index contributed by atoms with van der Waals surface area (Å²) >= 11 is 0. The van der Waals surface area contributed by atoms with Gasteiger partial charge in [0.2, 0.25) is 0 Å². The van der Waals surface area contributed by atoms with Crippen LogP contribution in [0.25, 0.3) is 0 Å². The molecule has 0 fully saturated rings. The Kier molecular flexibility index (Phi) is 170. The summed E-state index contributed by atoms with van der Waals surface area (Å²) in [7, 11) is 0. The molecule has 0 aromatic rings. The summed E-state index contributed by atoms with van der Waals surface area (Å²) in [4.78, 5) is 0. The largest absolute Gasteiger partial charge is 2.00 e. The Hall–Kier alpha value is 2.14. The van der Waals surface area contributed by atoms with Crippen LogP contribution in [0.5, 0.6) is 0 Å². The maximum absolute atomic E-state index is 0. The first-order chi connectivity index (χ1) is 0. The van der Waals surface area contributed by atoms with Crippen molar-refractivity contribution in [2.45, 2.75) is 0 Å². The van der Waals surface area contributed by atoms with E-state index in [0.717, 1.165) is 0 Å². The van der Waals surface area contributed by atoms with Crippen LogP contribution < -0.4 is 37.7 Å². The van der Waals surface area contributed by atoms with Crippen molar-refractivity contribution in [1.82, 2.24) is 0 Å². The van der Waals surface area contributed by atoms with E-state index in [-0.39, 0.29) is 70.1 Å². The Bertz CT molecular complexity index is 3.25. The van der Waals surface area contributed by atoms with Crippen molar-refractivity contribution in [1.29, 1.82) is 0 Å². The van der Waals surface area contributed by atoms with Crippen LogP contribution in [0.2, 0.25) is 0 Å². The van der Waals surface area contributed by atoms with Crippen molar-refractivity contribution in [3.63, 3.8) is 0 Å². The average Bonchev–Trinajstić information content (AvgIpc) is 0. The molecule has 0 nitrogen and oxygen atoms in total. The predicted octanol–water partition coefficient (Wildman–Crippen LogP) is -6.64. The van der Waals surface area contributed by atoms with Gasteiger partial charge in [0, 0.05) is 0 Å². The maximum Gasteiger partial charge on any atom is 1.00 e. The zero-order valence-electron chi connectivity index (χ0n) is 2.41. The van der Waals surface area contributed by atoms with Gasteiger partial charge < -0.3 is 13.5 Å². The SMILES string of the molecule is [4LiH].[Li+].[Li+].[S-2]. The van der Waals surface area contributed by atoms with Gasteiger partial charge in [-0.3, -0.25) is 0 Å². The predicted molar refractivity (Wildman–Crippen MR) is 14.5 cm³/mol. The molecular formula is HLi3S. The molecule has 0 aliphatic carbocycles. The molecular weight excluding hydrogens is 50.0 g/mol. The van der Waals surface area contributed by atoms with Crippen molar-refractivity contribution < 1.29 is 37.7 Å². The summed E-state index contributed by atoms with van der Waals surface area (Å²) in [6.07, 6.45) is 0. The number of hydrogen-bond donors (Lipinski definition) is 0. The Balaban J connectivity index is 0. The molecule has 0 saturated carbocycles. The second-order valence-electron chi connectivity index (χ2n) is 0. The first-order valence-corrected chi connectivity index (χ1v) is 0. The van der Waals surface area contributed by atoms with Crippen LogP contribution in [0.3, 0.4) is 0 Å². The van der Waals surface area contributed by atoms with Gasteiger partial charge in [-0.25, -0.2) is 0 Å². The molecule has 0 amide bonds. The maximum atomic E-state index is 0. The second-order valence-corrected chi connectivity index (χ2v) is 0. The Morgan fingerprint density at radius 3 is 0.750 bits per heavy atom. The Morgan fingerprint density at radius 1 is 0.750 bits per heavy atom. The van der Waals surface area contributed by atoms with Crippen molar-refractivity contribution in [3.8, 4) is 0 Å². The first-order valence-electron chi connectivity index (χ1n) is 0. The summed E-state index contributed by atoms with van der Waals surface area (Å²) in [5, 5.41) is 0. The quantitative estimate of drug-likeness (QED) is 0.240. The summed E-state index contributed by atoms with van der Waals surface area (Å²) in [6.45, 7) is 0. The van der Waals surface area contributed by atoms with E-state index in [0.29, 0.717) is 0 Å². The van der Waals surface area contributed by atoms with Crippen LogP contribution in [0.4, 0.5) is 0 Å². The van der Waals surface area contributed by atoms with Gasteiger partial charge in [-0.1, -0.05) is 0 Å². The van der Waals surface area contributed by atoms with Gasteiger partial charge in [-0.2, -0.15) is 0 Å². The first kappa shape index (κ1) is 35.4. The van der Waals surface area contributed by atoms with Crippen LogP contribution in [-0.4, -0.2) is 18.9 Å². The Labute approximate surface area is 69.5 Å². The van der Waals surface area contributed by atoms with Crippen molar-refractivity contribution in [2.24, 2.45) is 0 Å². The monoisotopic (exact) mass is 51.0 g/mol. The third kappa shape index (κ3) is 8.91. The van der Waals surface area contributed by atoms with Crippen molar-refractivity contribution in [3.05, 3.63) is 0 Å². The summed E-state index contributed by atoms with van der Waals surface area (Å²) in [5.74, 6) is 0. The molecule has 4 heteroatoms. The van der Waals surface area contributed by atoms with Crippen LogP contribution in [-0.2, 0) is 13.5 Å². The van der Waals surface area contributed by atoms with Crippen LogP contribution in [0, 0.1) is 0 Å². The molecule has 0 bridgehead atoms. The molecule has 10 valence electrons. The number of hydrogen-bond acceptors (Lipinski definition) is 0. The smallest absolute Gasteiger partial charge is 1.00 e. The third-order valence-corrected chi connectivity index (χ3v) is 0. The minimum atomic E-state index is 0. The summed E-state index contributed by atoms with van der Waals surface area (Å²) in [6, 6.07) is 0. The minimum Gasteiger partial charge on any atom is -2.00 e. The minimum absolute atomic E-state index is 0.